The molecule has 4 nitrogen and oxygen atoms in total. The Balaban J connectivity index is 1.42. The van der Waals surface area contributed by atoms with Gasteiger partial charge >= 0.3 is 120 Å². The molecular formula is C43H28Br4N4Zn. The van der Waals surface area contributed by atoms with E-state index in [9.17, 15) is 0 Å². The van der Waals surface area contributed by atoms with Gasteiger partial charge in [-0.05, 0) is 76.9 Å². The number of nitrogens with zero attached hydrogens (tertiary/aromatic N) is 2. The number of hydrogen-bond acceptors (Lipinski definition) is 3. The molecule has 7 rings (SSSR count). The molecule has 0 amide bonds. The van der Waals surface area contributed by atoms with Gasteiger partial charge in [0.25, 0.3) is 0 Å². The second-order valence-corrected chi connectivity index (χ2v) is 16.5. The zero-order valence-corrected chi connectivity index (χ0v) is 36.9. The van der Waals surface area contributed by atoms with E-state index in [2.05, 4.69) is 175 Å². The van der Waals surface area contributed by atoms with Crippen molar-refractivity contribution in [1.82, 2.24) is 4.98 Å². The number of rotatable bonds is 9. The van der Waals surface area contributed by atoms with Gasteiger partial charge in [0.15, 0.2) is 0 Å². The fourth-order valence-electron chi connectivity index (χ4n) is 5.90. The SMILES string of the molecule is N/C(C(=Cc1ccc(Br)cc1)c1ccc(Br)cc1)=C(\C1=NC(=Cc2ccc(C=C3C=CC([CH]=[Zn])=N3)[nH]2)C=C1c1ccc(Br)cc1)c1ccc(Br)cc1. The maximum absolute atomic E-state index is 7.44. The number of aromatic nitrogens is 1. The molecule has 52 heavy (non-hydrogen) atoms. The van der Waals surface area contributed by atoms with Gasteiger partial charge in [0.1, 0.15) is 0 Å². The topological polar surface area (TPSA) is 66.5 Å². The third-order valence-electron chi connectivity index (χ3n) is 8.44. The Morgan fingerprint density at radius 1 is 0.615 bits per heavy atom. The van der Waals surface area contributed by atoms with Crippen LogP contribution in [-0.4, -0.2) is 21.0 Å². The number of allylic oxidation sites excluding steroid dienone is 6. The number of halogens is 4. The number of hydrogen-bond donors (Lipinski definition) is 2. The first-order valence-corrected chi connectivity index (χ1v) is 21.2. The average Bonchev–Trinajstić information content (AvgIpc) is 3.90. The average molecular weight is 986 g/mol. The van der Waals surface area contributed by atoms with Gasteiger partial charge in [-0.2, -0.15) is 0 Å². The van der Waals surface area contributed by atoms with Gasteiger partial charge < -0.3 is 5.73 Å². The van der Waals surface area contributed by atoms with Gasteiger partial charge in [-0.3, -0.25) is 0 Å². The molecule has 0 fully saturated rings. The van der Waals surface area contributed by atoms with Crippen molar-refractivity contribution < 1.29 is 17.9 Å². The molecule has 3 N–H and O–H groups in total. The first-order chi connectivity index (χ1) is 25.2. The number of benzene rings is 4. The molecule has 0 spiro atoms. The molecule has 0 saturated carbocycles. The summed E-state index contributed by atoms with van der Waals surface area (Å²) in [5.74, 6) is 0. The third kappa shape index (κ3) is 8.67. The summed E-state index contributed by atoms with van der Waals surface area (Å²) in [6.45, 7) is 0. The molecule has 0 saturated heterocycles. The zero-order chi connectivity index (χ0) is 36.2. The second kappa shape index (κ2) is 16.4. The van der Waals surface area contributed by atoms with Gasteiger partial charge in [0.2, 0.25) is 0 Å². The Morgan fingerprint density at radius 2 is 1.15 bits per heavy atom. The smallest absolute Gasteiger partial charge is 0.0532 e. The molecule has 250 valence electrons. The summed E-state index contributed by atoms with van der Waals surface area (Å²) in [6.07, 6.45) is 12.5. The van der Waals surface area contributed by atoms with Gasteiger partial charge in [0.05, 0.1) is 0 Å². The Morgan fingerprint density at radius 3 is 1.73 bits per heavy atom. The fourth-order valence-corrected chi connectivity index (χ4v) is 7.43. The minimum atomic E-state index is 0.612. The Kier molecular flexibility index (Phi) is 11.5. The zero-order valence-electron chi connectivity index (χ0n) is 27.6. The van der Waals surface area contributed by atoms with Crippen molar-refractivity contribution in [3.05, 3.63) is 196 Å². The van der Waals surface area contributed by atoms with Gasteiger partial charge in [-0.25, -0.2) is 0 Å². The van der Waals surface area contributed by atoms with Gasteiger partial charge in [0, 0.05) is 34.7 Å². The van der Waals surface area contributed by atoms with Gasteiger partial charge in [-0.1, -0.05) is 112 Å². The monoisotopic (exact) mass is 980 g/mol. The van der Waals surface area contributed by atoms with E-state index >= 15 is 0 Å². The van der Waals surface area contributed by atoms with Crippen LogP contribution in [0.4, 0.5) is 0 Å². The number of H-pyrrole nitrogens is 1. The summed E-state index contributed by atoms with van der Waals surface area (Å²) < 4.78 is 6.11. The molecule has 0 bridgehead atoms. The van der Waals surface area contributed by atoms with E-state index in [1.54, 1.807) is 0 Å². The van der Waals surface area contributed by atoms with Crippen molar-refractivity contribution >= 4 is 115 Å². The number of nitrogens with one attached hydrogen (secondary N) is 1. The normalized spacial score (nSPS) is 16.3. The molecule has 1 aromatic heterocycles. The standard InChI is InChI=1S/C43H28Br4N4.Zn/c1-26-2-19-35(49-26)23-36-20-21-37(50-36)24-38-25-40(29-7-15-33(46)16-8-29)43(51-38)41(30-9-17-34(47)18-10-30)42(48)39(28-5-13-32(45)14-6-28)22-27-3-11-31(44)12-4-27;/h1-25,50H,48H2;/b35-23?,38-24?,39-22?,42-41-;. The quantitative estimate of drug-likeness (QED) is 0.0862. The first kappa shape index (κ1) is 36.5. The second-order valence-electron chi connectivity index (χ2n) is 12.0. The third-order valence-corrected chi connectivity index (χ3v) is 11.4. The van der Waals surface area contributed by atoms with Gasteiger partial charge in [-0.15, -0.1) is 0 Å². The van der Waals surface area contributed by atoms with Crippen molar-refractivity contribution in [2.45, 2.75) is 0 Å². The predicted molar refractivity (Wildman–Crippen MR) is 230 cm³/mol. The van der Waals surface area contributed by atoms with E-state index in [1.807, 2.05) is 48.6 Å². The molecule has 0 radical (unpaired) electrons. The molecule has 9 heteroatoms. The van der Waals surface area contributed by atoms with Crippen LogP contribution in [0.1, 0.15) is 33.6 Å². The predicted octanol–water partition coefficient (Wildman–Crippen LogP) is 12.3. The first-order valence-electron chi connectivity index (χ1n) is 16.3. The van der Waals surface area contributed by atoms with Crippen molar-refractivity contribution in [3.8, 4) is 0 Å². The summed E-state index contributed by atoms with van der Waals surface area (Å²) in [6, 6.07) is 37.2. The maximum atomic E-state index is 7.44. The summed E-state index contributed by atoms with van der Waals surface area (Å²) in [5.41, 5.74) is 20.2. The molecule has 2 aliphatic heterocycles. The summed E-state index contributed by atoms with van der Waals surface area (Å²) in [7, 11) is 0. The minimum absolute atomic E-state index is 0.612. The number of aliphatic imine (C=N–C) groups is 2. The van der Waals surface area contributed by atoms with E-state index in [4.69, 9.17) is 10.7 Å². The van der Waals surface area contributed by atoms with Crippen molar-refractivity contribution in [1.29, 1.82) is 0 Å². The van der Waals surface area contributed by atoms with Crippen LogP contribution in [0.3, 0.4) is 0 Å². The minimum Gasteiger partial charge on any atom is -0.0532 e. The summed E-state index contributed by atoms with van der Waals surface area (Å²) in [5, 5.41) is 0. The van der Waals surface area contributed by atoms with Crippen molar-refractivity contribution in [2.24, 2.45) is 15.7 Å². The fraction of sp³-hybridized carbons (Fsp3) is 0. The van der Waals surface area contributed by atoms with E-state index in [1.165, 1.54) is 0 Å². The molecule has 5 aromatic rings. The molecule has 0 atom stereocenters. The Bertz CT molecular complexity index is 2420. The molecule has 3 heterocycles. The summed E-state index contributed by atoms with van der Waals surface area (Å²) >= 11 is 15.5. The van der Waals surface area contributed by atoms with Crippen molar-refractivity contribution in [3.63, 3.8) is 0 Å². The molecule has 0 aliphatic carbocycles. The van der Waals surface area contributed by atoms with E-state index in [0.717, 1.165) is 109 Å². The van der Waals surface area contributed by atoms with E-state index in [-0.39, 0.29) is 0 Å². The van der Waals surface area contributed by atoms with Crippen LogP contribution >= 0.6 is 63.7 Å². The van der Waals surface area contributed by atoms with Crippen LogP contribution in [0.25, 0.3) is 34.9 Å². The molecule has 0 unspecified atom stereocenters. The number of nitrogens with two attached hydrogens (primary N) is 1. The van der Waals surface area contributed by atoms with Crippen LogP contribution in [0.15, 0.2) is 172 Å². The van der Waals surface area contributed by atoms with E-state index < -0.39 is 0 Å². The number of aromatic amines is 1. The molecule has 4 aromatic carbocycles. The van der Waals surface area contributed by atoms with Crippen LogP contribution in [0.2, 0.25) is 0 Å². The van der Waals surface area contributed by atoms with Crippen LogP contribution in [0.5, 0.6) is 0 Å². The molecular weight excluding hydrogens is 958 g/mol. The Hall–Kier alpha value is -3.85. The Labute approximate surface area is 346 Å². The van der Waals surface area contributed by atoms with Crippen molar-refractivity contribution in [2.75, 3.05) is 0 Å². The van der Waals surface area contributed by atoms with Crippen LogP contribution in [-0.2, 0) is 17.9 Å². The van der Waals surface area contributed by atoms with Crippen LogP contribution in [0, 0.1) is 0 Å². The van der Waals surface area contributed by atoms with E-state index in [0.29, 0.717) is 5.70 Å². The molecule has 2 aliphatic rings. The summed E-state index contributed by atoms with van der Waals surface area (Å²) in [4.78, 5) is 13.5. The van der Waals surface area contributed by atoms with Crippen LogP contribution < -0.4 is 5.73 Å².